The Morgan fingerprint density at radius 1 is 1.03 bits per heavy atom. The number of rotatable bonds is 3. The maximum Gasteiger partial charge on any atom is 0.266 e. The average Bonchev–Trinajstić information content (AvgIpc) is 3.65. The van der Waals surface area contributed by atoms with Gasteiger partial charge in [-0.05, 0) is 67.8 Å². The van der Waals surface area contributed by atoms with Crippen LogP contribution in [0, 0.1) is 6.92 Å². The first-order chi connectivity index (χ1) is 17.5. The fourth-order valence-electron chi connectivity index (χ4n) is 5.78. The molecule has 3 aromatic heterocycles. The van der Waals surface area contributed by atoms with E-state index in [4.69, 9.17) is 4.98 Å². The van der Waals surface area contributed by atoms with Gasteiger partial charge in [0.15, 0.2) is 0 Å². The molecule has 2 aliphatic rings. The third kappa shape index (κ3) is 3.31. The van der Waals surface area contributed by atoms with Gasteiger partial charge >= 0.3 is 0 Å². The Hall–Kier alpha value is -4.10. The molecule has 0 radical (unpaired) electrons. The second-order valence-corrected chi connectivity index (χ2v) is 10.2. The summed E-state index contributed by atoms with van der Waals surface area (Å²) in [6.07, 6.45) is 7.76. The van der Waals surface area contributed by atoms with Gasteiger partial charge in [0.25, 0.3) is 5.56 Å². The molecule has 5 aromatic rings. The van der Waals surface area contributed by atoms with Crippen molar-refractivity contribution in [2.24, 2.45) is 0 Å². The van der Waals surface area contributed by atoms with Crippen LogP contribution in [0.4, 0.5) is 11.6 Å². The lowest BCUT2D eigenvalue weighted by Gasteiger charge is -2.32. The molecule has 7 rings (SSSR count). The van der Waals surface area contributed by atoms with Gasteiger partial charge in [-0.15, -0.1) is 0 Å². The van der Waals surface area contributed by atoms with Crippen LogP contribution in [-0.2, 0) is 12.0 Å². The highest BCUT2D eigenvalue weighted by Gasteiger charge is 2.48. The van der Waals surface area contributed by atoms with Gasteiger partial charge in [-0.25, -0.2) is 9.97 Å². The molecular formula is C29H26N6O. The summed E-state index contributed by atoms with van der Waals surface area (Å²) in [5.74, 6) is 0.486. The molecule has 1 spiro atoms. The van der Waals surface area contributed by atoms with Crippen LogP contribution in [0.5, 0.6) is 0 Å². The number of aromatic nitrogens is 4. The quantitative estimate of drug-likeness (QED) is 0.403. The van der Waals surface area contributed by atoms with E-state index in [-0.39, 0.29) is 5.56 Å². The number of benzene rings is 2. The van der Waals surface area contributed by atoms with Crippen LogP contribution in [0.25, 0.3) is 27.5 Å². The number of para-hydroxylation sites is 1. The van der Waals surface area contributed by atoms with Crippen LogP contribution < -0.4 is 10.9 Å². The largest absolute Gasteiger partial charge is 0.324 e. The fraction of sp³-hybridized carbons (Fsp3) is 0.241. The number of pyridine rings is 2. The Labute approximate surface area is 208 Å². The van der Waals surface area contributed by atoms with Crippen molar-refractivity contribution in [3.8, 4) is 5.69 Å². The topological polar surface area (TPSA) is 75.9 Å². The predicted octanol–water partition coefficient (Wildman–Crippen LogP) is 4.86. The van der Waals surface area contributed by atoms with Crippen molar-refractivity contribution in [2.45, 2.75) is 31.7 Å². The molecule has 0 saturated heterocycles. The number of nitrogens with one attached hydrogen (secondary N) is 1. The van der Waals surface area contributed by atoms with Crippen LogP contribution in [0.1, 0.15) is 29.5 Å². The molecule has 7 nitrogen and oxygen atoms in total. The Kier molecular flexibility index (Phi) is 4.53. The minimum atomic E-state index is -0.160. The summed E-state index contributed by atoms with van der Waals surface area (Å²) in [6, 6.07) is 16.3. The molecule has 1 N–H and O–H groups in total. The zero-order valence-corrected chi connectivity index (χ0v) is 20.3. The Bertz CT molecular complexity index is 1730. The highest BCUT2D eigenvalue weighted by atomic mass is 16.1. The van der Waals surface area contributed by atoms with Crippen molar-refractivity contribution in [1.82, 2.24) is 24.4 Å². The van der Waals surface area contributed by atoms with Gasteiger partial charge in [-0.1, -0.05) is 24.3 Å². The molecular weight excluding hydrogens is 448 g/mol. The molecule has 1 aliphatic carbocycles. The van der Waals surface area contributed by atoms with E-state index in [1.165, 1.54) is 24.0 Å². The van der Waals surface area contributed by atoms with Gasteiger partial charge in [0, 0.05) is 48.2 Å². The number of nitrogens with zero attached hydrogens (tertiary/aromatic N) is 5. The van der Waals surface area contributed by atoms with Crippen LogP contribution in [0.2, 0.25) is 0 Å². The first-order valence-electron chi connectivity index (χ1n) is 12.3. The number of aryl methyl sites for hydroxylation is 1. The highest BCUT2D eigenvalue weighted by Crippen LogP contribution is 2.52. The number of anilines is 2. The van der Waals surface area contributed by atoms with Gasteiger partial charge in [-0.2, -0.15) is 0 Å². The maximum absolute atomic E-state index is 13.5. The molecule has 2 aromatic carbocycles. The van der Waals surface area contributed by atoms with Crippen molar-refractivity contribution >= 4 is 33.4 Å². The standard InChI is InChI=1S/C29H26N6O/c1-18-15-35(24-7-3-5-19-6-4-12-30-26(19)24)27(36)22-14-31-28(33-25(18)22)32-21-8-9-23-20(13-21)16-34(2)17-29(23)10-11-29/h3-9,12-15H,10-11,16-17H2,1-2H3,(H,31,32,33). The van der Waals surface area contributed by atoms with E-state index in [2.05, 4.69) is 45.4 Å². The van der Waals surface area contributed by atoms with Crippen LogP contribution >= 0.6 is 0 Å². The first-order valence-corrected chi connectivity index (χ1v) is 12.3. The average molecular weight is 475 g/mol. The summed E-state index contributed by atoms with van der Waals surface area (Å²) in [7, 11) is 2.19. The van der Waals surface area contributed by atoms with E-state index >= 15 is 0 Å². The van der Waals surface area contributed by atoms with Gasteiger partial charge < -0.3 is 10.2 Å². The summed E-state index contributed by atoms with van der Waals surface area (Å²) >= 11 is 0. The Balaban J connectivity index is 1.27. The molecule has 0 amide bonds. The van der Waals surface area contributed by atoms with Crippen molar-refractivity contribution < 1.29 is 0 Å². The molecule has 1 saturated carbocycles. The Morgan fingerprint density at radius 2 is 1.89 bits per heavy atom. The number of hydrogen-bond acceptors (Lipinski definition) is 6. The monoisotopic (exact) mass is 474 g/mol. The normalized spacial score (nSPS) is 16.4. The molecule has 178 valence electrons. The van der Waals surface area contributed by atoms with E-state index in [1.54, 1.807) is 17.0 Å². The second kappa shape index (κ2) is 7.70. The highest BCUT2D eigenvalue weighted by molar-refractivity contribution is 5.87. The van der Waals surface area contributed by atoms with Gasteiger partial charge in [0.1, 0.15) is 0 Å². The SMILES string of the molecule is Cc1cn(-c2cccc3cccnc23)c(=O)c2cnc(Nc3ccc4c(c3)CN(C)CC43CC3)nc12. The van der Waals surface area contributed by atoms with Crippen LogP contribution in [0.3, 0.4) is 0 Å². The minimum absolute atomic E-state index is 0.160. The number of likely N-dealkylation sites (N-methyl/N-ethyl adjacent to an activating group) is 1. The van der Waals surface area contributed by atoms with Gasteiger partial charge in [0.2, 0.25) is 5.95 Å². The zero-order valence-electron chi connectivity index (χ0n) is 20.3. The third-order valence-corrected chi connectivity index (χ3v) is 7.60. The summed E-state index contributed by atoms with van der Waals surface area (Å²) in [6.45, 7) is 4.07. The summed E-state index contributed by atoms with van der Waals surface area (Å²) in [4.78, 5) is 29.6. The molecule has 0 bridgehead atoms. The van der Waals surface area contributed by atoms with Gasteiger partial charge in [-0.3, -0.25) is 14.3 Å². The lowest BCUT2D eigenvalue weighted by Crippen LogP contribution is -2.35. The van der Waals surface area contributed by atoms with Crippen molar-refractivity contribution in [3.05, 3.63) is 94.2 Å². The molecule has 4 heterocycles. The summed E-state index contributed by atoms with van der Waals surface area (Å²) in [5, 5.41) is 4.83. The Morgan fingerprint density at radius 3 is 2.75 bits per heavy atom. The van der Waals surface area contributed by atoms with Crippen molar-refractivity contribution in [1.29, 1.82) is 0 Å². The fourth-order valence-corrected chi connectivity index (χ4v) is 5.78. The van der Waals surface area contributed by atoms with Crippen LogP contribution in [0.15, 0.2) is 71.9 Å². The van der Waals surface area contributed by atoms with E-state index < -0.39 is 0 Å². The minimum Gasteiger partial charge on any atom is -0.324 e. The van der Waals surface area contributed by atoms with E-state index in [9.17, 15) is 4.79 Å². The zero-order chi connectivity index (χ0) is 24.4. The van der Waals surface area contributed by atoms with E-state index in [0.29, 0.717) is 22.3 Å². The third-order valence-electron chi connectivity index (χ3n) is 7.60. The molecule has 7 heteroatoms. The molecule has 1 fully saturated rings. The molecule has 0 unspecified atom stereocenters. The predicted molar refractivity (Wildman–Crippen MR) is 142 cm³/mol. The smallest absolute Gasteiger partial charge is 0.266 e. The lowest BCUT2D eigenvalue weighted by atomic mass is 9.87. The van der Waals surface area contributed by atoms with Crippen molar-refractivity contribution in [3.63, 3.8) is 0 Å². The summed E-state index contributed by atoms with van der Waals surface area (Å²) in [5.41, 5.74) is 7.10. The molecule has 0 atom stereocenters. The van der Waals surface area contributed by atoms with Crippen molar-refractivity contribution in [2.75, 3.05) is 18.9 Å². The van der Waals surface area contributed by atoms with E-state index in [1.807, 2.05) is 43.5 Å². The van der Waals surface area contributed by atoms with Crippen LogP contribution in [-0.4, -0.2) is 38.0 Å². The van der Waals surface area contributed by atoms with Gasteiger partial charge in [0.05, 0.1) is 22.1 Å². The maximum atomic E-state index is 13.5. The summed E-state index contributed by atoms with van der Waals surface area (Å²) < 4.78 is 1.65. The lowest BCUT2D eigenvalue weighted by molar-refractivity contribution is 0.271. The first kappa shape index (κ1) is 21.2. The molecule has 1 aliphatic heterocycles. The molecule has 36 heavy (non-hydrogen) atoms. The second-order valence-electron chi connectivity index (χ2n) is 10.2. The number of fused-ring (bicyclic) bond motifs is 4. The number of hydrogen-bond donors (Lipinski definition) is 1. The van der Waals surface area contributed by atoms with E-state index in [0.717, 1.165) is 40.9 Å².